The Bertz CT molecular complexity index is 611. The highest BCUT2D eigenvalue weighted by molar-refractivity contribution is 6.34. The Hall–Kier alpha value is -1.59. The molecule has 138 valence electrons. The third-order valence-electron chi connectivity index (χ3n) is 4.57. The van der Waals surface area contributed by atoms with Crippen LogP contribution in [-0.2, 0) is 4.79 Å². The summed E-state index contributed by atoms with van der Waals surface area (Å²) in [5.74, 6) is 0.360. The minimum absolute atomic E-state index is 0.0625. The van der Waals surface area contributed by atoms with Gasteiger partial charge in [-0.3, -0.25) is 9.59 Å². The molecule has 0 spiro atoms. The molecule has 0 saturated carbocycles. The third-order valence-corrected chi connectivity index (χ3v) is 4.90. The third kappa shape index (κ3) is 5.44. The largest absolute Gasteiger partial charge is 0.339 e. The fourth-order valence-corrected chi connectivity index (χ4v) is 3.11. The van der Waals surface area contributed by atoms with Gasteiger partial charge in [0.1, 0.15) is 0 Å². The first kappa shape index (κ1) is 19.7. The summed E-state index contributed by atoms with van der Waals surface area (Å²) in [6.45, 7) is 9.23. The summed E-state index contributed by atoms with van der Waals surface area (Å²) in [5, 5.41) is 6.61. The van der Waals surface area contributed by atoms with Crippen LogP contribution in [0.3, 0.4) is 0 Å². The van der Waals surface area contributed by atoms with E-state index in [1.165, 1.54) is 0 Å². The maximum absolute atomic E-state index is 12.8. The molecule has 25 heavy (non-hydrogen) atoms. The fourth-order valence-electron chi connectivity index (χ4n) is 2.91. The van der Waals surface area contributed by atoms with E-state index < -0.39 is 0 Å². The number of rotatable bonds is 6. The molecule has 0 radical (unpaired) electrons. The number of likely N-dealkylation sites (tertiary alicyclic amines) is 1. The zero-order chi connectivity index (χ0) is 18.4. The van der Waals surface area contributed by atoms with E-state index in [1.807, 2.05) is 18.7 Å². The van der Waals surface area contributed by atoms with Crippen molar-refractivity contribution in [2.24, 2.45) is 11.8 Å². The second-order valence-corrected chi connectivity index (χ2v) is 7.29. The van der Waals surface area contributed by atoms with Crippen LogP contribution in [0.1, 0.15) is 44.0 Å². The minimum Gasteiger partial charge on any atom is -0.339 e. The second kappa shape index (κ2) is 9.20. The van der Waals surface area contributed by atoms with Crippen molar-refractivity contribution in [3.63, 3.8) is 0 Å². The molecule has 2 amide bonds. The smallest absolute Gasteiger partial charge is 0.255 e. The van der Waals surface area contributed by atoms with E-state index in [0.29, 0.717) is 22.2 Å². The van der Waals surface area contributed by atoms with Crippen LogP contribution in [0.4, 0.5) is 5.69 Å². The van der Waals surface area contributed by atoms with E-state index in [1.54, 1.807) is 18.2 Å². The van der Waals surface area contributed by atoms with E-state index in [0.717, 1.165) is 39.0 Å². The zero-order valence-electron chi connectivity index (χ0n) is 15.3. The maximum Gasteiger partial charge on any atom is 0.255 e. The number of carbonyl (C=O) groups excluding carboxylic acids is 2. The molecule has 1 aromatic rings. The summed E-state index contributed by atoms with van der Waals surface area (Å²) < 4.78 is 0. The Morgan fingerprint density at radius 3 is 2.56 bits per heavy atom. The Labute approximate surface area is 155 Å². The highest BCUT2D eigenvalue weighted by atomic mass is 35.5. The number of nitrogens with zero attached hydrogens (tertiary/aromatic N) is 1. The SMILES string of the molecule is CCNCC1CCN(C(=O)c2cc(NC(=O)C(C)C)ccc2Cl)CC1. The van der Waals surface area contributed by atoms with Crippen molar-refractivity contribution in [3.8, 4) is 0 Å². The molecule has 1 saturated heterocycles. The lowest BCUT2D eigenvalue weighted by molar-refractivity contribution is -0.118. The van der Waals surface area contributed by atoms with Crippen LogP contribution in [0, 0.1) is 11.8 Å². The Kier molecular flexibility index (Phi) is 7.26. The van der Waals surface area contributed by atoms with Gasteiger partial charge in [0, 0.05) is 24.7 Å². The number of hydrogen-bond donors (Lipinski definition) is 2. The molecule has 1 aliphatic rings. The molecule has 1 aromatic carbocycles. The van der Waals surface area contributed by atoms with Gasteiger partial charge in [-0.15, -0.1) is 0 Å². The van der Waals surface area contributed by atoms with Crippen molar-refractivity contribution in [2.45, 2.75) is 33.6 Å². The molecule has 0 aromatic heterocycles. The molecule has 5 nitrogen and oxygen atoms in total. The van der Waals surface area contributed by atoms with Crippen molar-refractivity contribution in [2.75, 3.05) is 31.5 Å². The summed E-state index contributed by atoms with van der Waals surface area (Å²) in [6, 6.07) is 5.07. The van der Waals surface area contributed by atoms with E-state index in [9.17, 15) is 9.59 Å². The first-order chi connectivity index (χ1) is 11.9. The first-order valence-corrected chi connectivity index (χ1v) is 9.40. The topological polar surface area (TPSA) is 61.4 Å². The molecule has 2 N–H and O–H groups in total. The van der Waals surface area contributed by atoms with Crippen LogP contribution in [0.15, 0.2) is 18.2 Å². The quantitative estimate of drug-likeness (QED) is 0.812. The van der Waals surface area contributed by atoms with Gasteiger partial charge in [0.25, 0.3) is 5.91 Å². The van der Waals surface area contributed by atoms with Crippen molar-refractivity contribution < 1.29 is 9.59 Å². The predicted molar refractivity (Wildman–Crippen MR) is 102 cm³/mol. The van der Waals surface area contributed by atoms with Gasteiger partial charge in [0.2, 0.25) is 5.91 Å². The monoisotopic (exact) mass is 365 g/mol. The summed E-state index contributed by atoms with van der Waals surface area (Å²) >= 11 is 6.24. The van der Waals surface area contributed by atoms with E-state index in [2.05, 4.69) is 17.6 Å². The molecule has 6 heteroatoms. The number of amides is 2. The van der Waals surface area contributed by atoms with Gasteiger partial charge < -0.3 is 15.5 Å². The van der Waals surface area contributed by atoms with Gasteiger partial charge in [-0.2, -0.15) is 0 Å². The number of benzene rings is 1. The van der Waals surface area contributed by atoms with Gasteiger partial charge in [-0.05, 0) is 50.0 Å². The molecule has 0 aliphatic carbocycles. The van der Waals surface area contributed by atoms with Crippen LogP contribution in [-0.4, -0.2) is 42.9 Å². The number of piperidine rings is 1. The number of nitrogens with one attached hydrogen (secondary N) is 2. The molecular weight excluding hydrogens is 338 g/mol. The molecular formula is C19H28ClN3O2. The van der Waals surface area contributed by atoms with E-state index in [4.69, 9.17) is 11.6 Å². The Balaban J connectivity index is 2.03. The van der Waals surface area contributed by atoms with Gasteiger partial charge in [-0.25, -0.2) is 0 Å². The molecule has 0 atom stereocenters. The van der Waals surface area contributed by atoms with Gasteiger partial charge in [-0.1, -0.05) is 32.4 Å². The van der Waals surface area contributed by atoms with Crippen molar-refractivity contribution >= 4 is 29.1 Å². The molecule has 1 aliphatic heterocycles. The molecule has 2 rings (SSSR count). The number of carbonyl (C=O) groups is 2. The number of anilines is 1. The molecule has 1 heterocycles. The molecule has 0 unspecified atom stereocenters. The van der Waals surface area contributed by atoms with Gasteiger partial charge in [0.05, 0.1) is 10.6 Å². The summed E-state index contributed by atoms with van der Waals surface area (Å²) in [4.78, 5) is 26.5. The minimum atomic E-state index is -0.120. The van der Waals surface area contributed by atoms with Crippen LogP contribution < -0.4 is 10.6 Å². The zero-order valence-corrected chi connectivity index (χ0v) is 16.0. The lowest BCUT2D eigenvalue weighted by Crippen LogP contribution is -2.40. The van der Waals surface area contributed by atoms with Gasteiger partial charge in [0.15, 0.2) is 0 Å². The van der Waals surface area contributed by atoms with Crippen molar-refractivity contribution in [1.82, 2.24) is 10.2 Å². The lowest BCUT2D eigenvalue weighted by Gasteiger charge is -2.32. The number of hydrogen-bond acceptors (Lipinski definition) is 3. The summed E-state index contributed by atoms with van der Waals surface area (Å²) in [6.07, 6.45) is 2.00. The maximum atomic E-state index is 12.8. The van der Waals surface area contributed by atoms with Crippen LogP contribution in [0.25, 0.3) is 0 Å². The Morgan fingerprint density at radius 2 is 1.96 bits per heavy atom. The predicted octanol–water partition coefficient (Wildman–Crippen LogP) is 3.40. The average molecular weight is 366 g/mol. The number of halogens is 1. The molecule has 1 fully saturated rings. The van der Waals surface area contributed by atoms with E-state index in [-0.39, 0.29) is 17.7 Å². The first-order valence-electron chi connectivity index (χ1n) is 9.02. The van der Waals surface area contributed by atoms with Gasteiger partial charge >= 0.3 is 0 Å². The van der Waals surface area contributed by atoms with Crippen LogP contribution >= 0.6 is 11.6 Å². The Morgan fingerprint density at radius 1 is 1.28 bits per heavy atom. The van der Waals surface area contributed by atoms with Crippen LogP contribution in [0.5, 0.6) is 0 Å². The standard InChI is InChI=1S/C19H28ClN3O2/c1-4-21-12-14-7-9-23(10-8-14)19(25)16-11-15(5-6-17(16)20)22-18(24)13(2)3/h5-6,11,13-14,21H,4,7-10,12H2,1-3H3,(H,22,24). The van der Waals surface area contributed by atoms with Crippen molar-refractivity contribution in [1.29, 1.82) is 0 Å². The second-order valence-electron chi connectivity index (χ2n) is 6.88. The summed E-state index contributed by atoms with van der Waals surface area (Å²) in [5.41, 5.74) is 1.06. The fraction of sp³-hybridized carbons (Fsp3) is 0.579. The molecule has 0 bridgehead atoms. The normalized spacial score (nSPS) is 15.5. The average Bonchev–Trinajstić information content (AvgIpc) is 2.61. The summed E-state index contributed by atoms with van der Waals surface area (Å²) in [7, 11) is 0. The van der Waals surface area contributed by atoms with E-state index >= 15 is 0 Å². The lowest BCUT2D eigenvalue weighted by atomic mass is 9.96. The highest BCUT2D eigenvalue weighted by Gasteiger charge is 2.25. The van der Waals surface area contributed by atoms with Crippen molar-refractivity contribution in [3.05, 3.63) is 28.8 Å². The van der Waals surface area contributed by atoms with Crippen LogP contribution in [0.2, 0.25) is 5.02 Å². The highest BCUT2D eigenvalue weighted by Crippen LogP contribution is 2.25.